The number of aromatic nitrogens is 2. The number of aryl methyl sites for hydroxylation is 2. The van der Waals surface area contributed by atoms with Gasteiger partial charge in [0.1, 0.15) is 5.69 Å². The van der Waals surface area contributed by atoms with Gasteiger partial charge in [0.25, 0.3) is 0 Å². The van der Waals surface area contributed by atoms with Crippen LogP contribution in [0.3, 0.4) is 0 Å². The molecule has 0 saturated carbocycles. The van der Waals surface area contributed by atoms with Crippen LogP contribution in [0.15, 0.2) is 46.9 Å². The second-order valence-corrected chi connectivity index (χ2v) is 3.79. The molecule has 6 heteroatoms. The lowest BCUT2D eigenvalue weighted by Crippen LogP contribution is -3.00. The molecular formula is C12H16FN5. The van der Waals surface area contributed by atoms with Crippen molar-refractivity contribution in [1.29, 1.82) is 0 Å². The number of anilines is 1. The molecule has 0 aliphatic heterocycles. The van der Waals surface area contributed by atoms with Crippen LogP contribution < -0.4 is 14.6 Å². The van der Waals surface area contributed by atoms with Crippen LogP contribution in [0, 0.1) is 0 Å². The van der Waals surface area contributed by atoms with Crippen LogP contribution in [-0.4, -0.2) is 11.6 Å². The minimum Gasteiger partial charge on any atom is -1.00 e. The van der Waals surface area contributed by atoms with Gasteiger partial charge in [-0.25, -0.2) is 9.13 Å². The maximum atomic E-state index is 4.26. The summed E-state index contributed by atoms with van der Waals surface area (Å²) in [5.41, 5.74) is 1.80. The molecule has 2 rings (SSSR count). The number of para-hydroxylation sites is 1. The Morgan fingerprint density at radius 3 is 2.56 bits per heavy atom. The fraction of sp³-hybridized carbons (Fsp3) is 0.250. The molecule has 0 unspecified atom stereocenters. The van der Waals surface area contributed by atoms with Crippen molar-refractivity contribution in [1.82, 2.24) is 4.57 Å². The topological polar surface area (TPSA) is 45.6 Å². The highest BCUT2D eigenvalue weighted by Crippen LogP contribution is 2.24. The summed E-state index contributed by atoms with van der Waals surface area (Å²) in [7, 11) is 5.76. The Hall–Kier alpha value is -2.24. The van der Waals surface area contributed by atoms with E-state index in [-0.39, 0.29) is 4.70 Å². The molecule has 0 radical (unpaired) electrons. The van der Waals surface area contributed by atoms with Crippen LogP contribution in [0.5, 0.6) is 0 Å². The number of halogens is 1. The molecule has 0 atom stereocenters. The Kier molecular flexibility index (Phi) is 4.53. The summed E-state index contributed by atoms with van der Waals surface area (Å²) >= 11 is 0. The lowest BCUT2D eigenvalue weighted by atomic mass is 10.3. The molecule has 18 heavy (non-hydrogen) atoms. The smallest absolute Gasteiger partial charge is 0.421 e. The summed E-state index contributed by atoms with van der Waals surface area (Å²) in [4.78, 5) is 0. The van der Waals surface area contributed by atoms with Gasteiger partial charge >= 0.3 is 5.95 Å². The number of rotatable bonds is 3. The average molecular weight is 249 g/mol. The summed E-state index contributed by atoms with van der Waals surface area (Å²) in [5, 5.41) is 11.6. The molecular weight excluding hydrogens is 233 g/mol. The number of imidazole rings is 1. The van der Waals surface area contributed by atoms with E-state index < -0.39 is 0 Å². The standard InChI is InChI=1S/C12H15N5.FH/c1-13-10-6-4-5-7-11(10)14-15-12-16(2)8-9-17(12)3;/h4-9H,1-3H3;1H. The monoisotopic (exact) mass is 249 g/mol. The molecule has 1 aromatic heterocycles. The molecule has 5 nitrogen and oxygen atoms in total. The molecule has 0 amide bonds. The fourth-order valence-electron chi connectivity index (χ4n) is 1.59. The van der Waals surface area contributed by atoms with E-state index >= 15 is 0 Å². The third-order valence-electron chi connectivity index (χ3n) is 2.57. The number of nitrogens with zero attached hydrogens (tertiary/aromatic N) is 4. The molecule has 1 N–H and O–H groups in total. The van der Waals surface area contributed by atoms with E-state index in [1.165, 1.54) is 0 Å². The number of hydrogen-bond acceptors (Lipinski definition) is 3. The van der Waals surface area contributed by atoms with Crippen molar-refractivity contribution in [3.05, 3.63) is 36.7 Å². The molecule has 1 heterocycles. The van der Waals surface area contributed by atoms with Gasteiger partial charge in [0.15, 0.2) is 0 Å². The maximum Gasteiger partial charge on any atom is 0.421 e. The first-order chi connectivity index (χ1) is 8.22. The highest BCUT2D eigenvalue weighted by molar-refractivity contribution is 5.64. The Bertz CT molecular complexity index is 528. The molecule has 2 aromatic rings. The molecule has 0 aliphatic rings. The quantitative estimate of drug-likeness (QED) is 0.568. The number of benzene rings is 1. The molecule has 0 bridgehead atoms. The largest absolute Gasteiger partial charge is 1.00 e. The third kappa shape index (κ3) is 2.71. The van der Waals surface area contributed by atoms with Crippen molar-refractivity contribution in [2.75, 3.05) is 12.4 Å². The van der Waals surface area contributed by atoms with Gasteiger partial charge in [0.05, 0.1) is 32.2 Å². The lowest BCUT2D eigenvalue weighted by Gasteiger charge is -2.00. The predicted octanol–water partition coefficient (Wildman–Crippen LogP) is -0.689. The SMILES string of the molecule is CNc1ccccc1N=Nc1n(C)cc[n+]1C.[F-]. The van der Waals surface area contributed by atoms with Crippen LogP contribution in [-0.2, 0) is 14.1 Å². The fourth-order valence-corrected chi connectivity index (χ4v) is 1.59. The predicted molar refractivity (Wildman–Crippen MR) is 66.8 cm³/mol. The van der Waals surface area contributed by atoms with Crippen LogP contribution in [0.2, 0.25) is 0 Å². The van der Waals surface area contributed by atoms with Crippen molar-refractivity contribution < 1.29 is 9.27 Å². The molecule has 0 fully saturated rings. The van der Waals surface area contributed by atoms with E-state index in [1.54, 1.807) is 0 Å². The van der Waals surface area contributed by atoms with Crippen molar-refractivity contribution in [2.24, 2.45) is 24.3 Å². The first-order valence-corrected chi connectivity index (χ1v) is 5.42. The minimum atomic E-state index is 0. The van der Waals surface area contributed by atoms with E-state index in [0.717, 1.165) is 17.3 Å². The Morgan fingerprint density at radius 1 is 1.22 bits per heavy atom. The normalized spacial score (nSPS) is 10.4. The van der Waals surface area contributed by atoms with Crippen LogP contribution in [0.25, 0.3) is 0 Å². The Balaban J connectivity index is 0.00000162. The van der Waals surface area contributed by atoms with Gasteiger partial charge in [-0.1, -0.05) is 17.2 Å². The van der Waals surface area contributed by atoms with Gasteiger partial charge in [-0.15, -0.1) is 0 Å². The van der Waals surface area contributed by atoms with E-state index in [0.29, 0.717) is 0 Å². The van der Waals surface area contributed by atoms with E-state index in [2.05, 4.69) is 15.5 Å². The highest BCUT2D eigenvalue weighted by Gasteiger charge is 2.10. The van der Waals surface area contributed by atoms with E-state index in [1.807, 2.05) is 66.9 Å². The lowest BCUT2D eigenvalue weighted by molar-refractivity contribution is -0.657. The average Bonchev–Trinajstić information content (AvgIpc) is 2.67. The Morgan fingerprint density at radius 2 is 1.94 bits per heavy atom. The van der Waals surface area contributed by atoms with Crippen molar-refractivity contribution in [3.63, 3.8) is 0 Å². The number of hydrogen-bond donors (Lipinski definition) is 1. The minimum absolute atomic E-state index is 0. The summed E-state index contributed by atoms with van der Waals surface area (Å²) in [6.07, 6.45) is 3.89. The first kappa shape index (κ1) is 13.8. The van der Waals surface area contributed by atoms with Crippen molar-refractivity contribution >= 4 is 17.3 Å². The summed E-state index contributed by atoms with van der Waals surface area (Å²) in [5.74, 6) is 0.802. The zero-order valence-corrected chi connectivity index (χ0v) is 10.6. The van der Waals surface area contributed by atoms with Gasteiger partial charge < -0.3 is 10.0 Å². The molecule has 0 saturated heterocycles. The number of azo groups is 1. The van der Waals surface area contributed by atoms with Crippen LogP contribution >= 0.6 is 0 Å². The van der Waals surface area contributed by atoms with E-state index in [4.69, 9.17) is 0 Å². The Labute approximate surface area is 105 Å². The van der Waals surface area contributed by atoms with Crippen molar-refractivity contribution in [2.45, 2.75) is 0 Å². The van der Waals surface area contributed by atoms with Crippen LogP contribution in [0.1, 0.15) is 0 Å². The third-order valence-corrected chi connectivity index (χ3v) is 2.57. The molecule has 0 aliphatic carbocycles. The summed E-state index contributed by atoms with van der Waals surface area (Å²) in [6.45, 7) is 0. The second-order valence-electron chi connectivity index (χ2n) is 3.79. The van der Waals surface area contributed by atoms with Gasteiger partial charge in [-0.3, -0.25) is 0 Å². The zero-order chi connectivity index (χ0) is 12.3. The van der Waals surface area contributed by atoms with Gasteiger partial charge in [-0.05, 0) is 12.1 Å². The van der Waals surface area contributed by atoms with Gasteiger partial charge in [-0.2, -0.15) is 0 Å². The molecule has 1 aromatic carbocycles. The molecule has 0 spiro atoms. The number of nitrogens with one attached hydrogen (secondary N) is 1. The van der Waals surface area contributed by atoms with Gasteiger partial charge in [0.2, 0.25) is 0 Å². The van der Waals surface area contributed by atoms with E-state index in [9.17, 15) is 0 Å². The molecule has 96 valence electrons. The van der Waals surface area contributed by atoms with Crippen molar-refractivity contribution in [3.8, 4) is 0 Å². The maximum absolute atomic E-state index is 4.26. The van der Waals surface area contributed by atoms with Gasteiger partial charge in [0, 0.05) is 12.2 Å². The summed E-state index contributed by atoms with van der Waals surface area (Å²) in [6, 6.07) is 7.81. The zero-order valence-electron chi connectivity index (χ0n) is 10.6. The van der Waals surface area contributed by atoms with Crippen LogP contribution in [0.4, 0.5) is 17.3 Å². The summed E-state index contributed by atoms with van der Waals surface area (Å²) < 4.78 is 3.84. The first-order valence-electron chi connectivity index (χ1n) is 5.42. The second kappa shape index (κ2) is 5.90. The highest BCUT2D eigenvalue weighted by atomic mass is 19.0.